The topological polar surface area (TPSA) is 135 Å². The van der Waals surface area contributed by atoms with Crippen LogP contribution in [0.2, 0.25) is 0 Å². The molecule has 0 unspecified atom stereocenters. The van der Waals surface area contributed by atoms with Gasteiger partial charge in [0.25, 0.3) is 0 Å². The standard InChI is InChI=1S/C21H21N5O6S/c1-12-13(5-6-17(33(4,29)30)18(12)15-8-10-31-24-15)19(27)14-11-22-26(3)20(14)32-21(28)16-7-9-25(2)23-16/h5-7,9,11H,8,10H2,1-4H3. The Morgan fingerprint density at radius 2 is 1.91 bits per heavy atom. The van der Waals surface area contributed by atoms with Crippen molar-refractivity contribution in [1.29, 1.82) is 0 Å². The lowest BCUT2D eigenvalue weighted by atomic mass is 9.93. The number of aromatic nitrogens is 4. The first-order chi connectivity index (χ1) is 15.6. The quantitative estimate of drug-likeness (QED) is 0.389. The number of ketones is 1. The molecule has 4 rings (SSSR count). The van der Waals surface area contributed by atoms with Gasteiger partial charge in [-0.05, 0) is 30.7 Å². The largest absolute Gasteiger partial charge is 0.402 e. The molecular weight excluding hydrogens is 450 g/mol. The van der Waals surface area contributed by atoms with Crippen LogP contribution < -0.4 is 4.74 Å². The number of carbonyl (C=O) groups is 2. The molecule has 0 spiro atoms. The van der Waals surface area contributed by atoms with Gasteiger partial charge in [-0.2, -0.15) is 10.2 Å². The SMILES string of the molecule is Cc1c(C(=O)c2cnn(C)c2OC(=O)c2ccn(C)n2)ccc(S(C)(=O)=O)c1C1=NOCC1. The van der Waals surface area contributed by atoms with Crippen LogP contribution in [0.25, 0.3) is 0 Å². The zero-order valence-electron chi connectivity index (χ0n) is 18.4. The number of oxime groups is 1. The zero-order chi connectivity index (χ0) is 23.9. The van der Waals surface area contributed by atoms with Crippen LogP contribution in [0.1, 0.15) is 44.0 Å². The zero-order valence-corrected chi connectivity index (χ0v) is 19.2. The van der Waals surface area contributed by atoms with Crippen LogP contribution in [0.3, 0.4) is 0 Å². The minimum absolute atomic E-state index is 0.0487. The number of carbonyl (C=O) groups excluding carboxylic acids is 2. The van der Waals surface area contributed by atoms with E-state index in [2.05, 4.69) is 15.4 Å². The second-order valence-corrected chi connectivity index (χ2v) is 9.57. The lowest BCUT2D eigenvalue weighted by Crippen LogP contribution is -2.16. The van der Waals surface area contributed by atoms with Gasteiger partial charge in [0, 0.05) is 44.1 Å². The molecule has 0 atom stereocenters. The van der Waals surface area contributed by atoms with E-state index in [-0.39, 0.29) is 27.6 Å². The van der Waals surface area contributed by atoms with Gasteiger partial charge >= 0.3 is 5.97 Å². The molecule has 0 N–H and O–H groups in total. The van der Waals surface area contributed by atoms with Gasteiger partial charge in [-0.15, -0.1) is 0 Å². The van der Waals surface area contributed by atoms with Gasteiger partial charge in [0.1, 0.15) is 12.2 Å². The first-order valence-electron chi connectivity index (χ1n) is 9.89. The maximum absolute atomic E-state index is 13.5. The Morgan fingerprint density at radius 3 is 2.52 bits per heavy atom. The fourth-order valence-electron chi connectivity index (χ4n) is 3.59. The van der Waals surface area contributed by atoms with Crippen LogP contribution in [-0.4, -0.2) is 58.3 Å². The van der Waals surface area contributed by atoms with Gasteiger partial charge in [-0.1, -0.05) is 5.16 Å². The summed E-state index contributed by atoms with van der Waals surface area (Å²) in [5.74, 6) is -1.27. The summed E-state index contributed by atoms with van der Waals surface area (Å²) in [7, 11) is -0.394. The van der Waals surface area contributed by atoms with Crippen molar-refractivity contribution in [2.75, 3.05) is 12.9 Å². The van der Waals surface area contributed by atoms with E-state index in [9.17, 15) is 18.0 Å². The minimum atomic E-state index is -3.59. The van der Waals surface area contributed by atoms with Gasteiger partial charge in [0.2, 0.25) is 5.88 Å². The number of esters is 1. The summed E-state index contributed by atoms with van der Waals surface area (Å²) in [4.78, 5) is 31.1. The Kier molecular flexibility index (Phi) is 5.62. The van der Waals surface area contributed by atoms with E-state index in [0.29, 0.717) is 29.9 Å². The molecule has 33 heavy (non-hydrogen) atoms. The van der Waals surface area contributed by atoms with Crippen molar-refractivity contribution in [3.8, 4) is 5.88 Å². The Hall–Kier alpha value is -3.80. The van der Waals surface area contributed by atoms with Gasteiger partial charge < -0.3 is 9.57 Å². The number of benzene rings is 1. The first kappa shape index (κ1) is 22.4. The fraction of sp³-hybridized carbons (Fsp3) is 0.286. The molecule has 12 heteroatoms. The molecule has 1 aliphatic rings. The van der Waals surface area contributed by atoms with Crippen LogP contribution in [0.4, 0.5) is 0 Å². The fourth-order valence-corrected chi connectivity index (χ4v) is 4.55. The van der Waals surface area contributed by atoms with Crippen LogP contribution in [0.5, 0.6) is 5.88 Å². The Bertz CT molecular complexity index is 1420. The van der Waals surface area contributed by atoms with E-state index in [4.69, 9.17) is 9.57 Å². The normalized spacial score (nSPS) is 13.5. The molecule has 0 bridgehead atoms. The molecular formula is C21H21N5O6S. The monoisotopic (exact) mass is 471 g/mol. The van der Waals surface area contributed by atoms with Crippen molar-refractivity contribution in [1.82, 2.24) is 19.6 Å². The summed E-state index contributed by atoms with van der Waals surface area (Å²) >= 11 is 0. The van der Waals surface area contributed by atoms with E-state index in [1.165, 1.54) is 40.8 Å². The molecule has 0 aliphatic carbocycles. The highest BCUT2D eigenvalue weighted by Crippen LogP contribution is 2.30. The van der Waals surface area contributed by atoms with Crippen LogP contribution >= 0.6 is 0 Å². The molecule has 0 saturated carbocycles. The van der Waals surface area contributed by atoms with Crippen molar-refractivity contribution in [2.45, 2.75) is 18.2 Å². The molecule has 0 saturated heterocycles. The van der Waals surface area contributed by atoms with Crippen molar-refractivity contribution in [3.05, 3.63) is 58.5 Å². The first-order valence-corrected chi connectivity index (χ1v) is 11.8. The highest BCUT2D eigenvalue weighted by atomic mass is 32.2. The Balaban J connectivity index is 1.77. The number of aryl methyl sites for hydroxylation is 2. The third-order valence-electron chi connectivity index (χ3n) is 5.21. The molecule has 0 fully saturated rings. The minimum Gasteiger partial charge on any atom is -0.402 e. The van der Waals surface area contributed by atoms with Crippen molar-refractivity contribution in [3.63, 3.8) is 0 Å². The van der Waals surface area contributed by atoms with Crippen LogP contribution in [0.15, 0.2) is 40.6 Å². The van der Waals surface area contributed by atoms with Gasteiger partial charge in [-0.25, -0.2) is 17.9 Å². The second-order valence-electron chi connectivity index (χ2n) is 7.58. The van der Waals surface area contributed by atoms with E-state index in [0.717, 1.165) is 6.26 Å². The van der Waals surface area contributed by atoms with Crippen molar-refractivity contribution < 1.29 is 27.6 Å². The number of hydrogen-bond donors (Lipinski definition) is 0. The lowest BCUT2D eigenvalue weighted by molar-refractivity contribution is 0.0711. The molecule has 11 nitrogen and oxygen atoms in total. The summed E-state index contributed by atoms with van der Waals surface area (Å²) < 4.78 is 32.9. The van der Waals surface area contributed by atoms with Crippen LogP contribution in [-0.2, 0) is 28.8 Å². The van der Waals surface area contributed by atoms with E-state index < -0.39 is 21.6 Å². The number of nitrogens with zero attached hydrogens (tertiary/aromatic N) is 5. The predicted molar refractivity (Wildman–Crippen MR) is 116 cm³/mol. The maximum Gasteiger partial charge on any atom is 0.365 e. The predicted octanol–water partition coefficient (Wildman–Crippen LogP) is 1.44. The van der Waals surface area contributed by atoms with Crippen molar-refractivity contribution in [2.24, 2.45) is 19.3 Å². The second kappa shape index (κ2) is 8.28. The average Bonchev–Trinajstić information content (AvgIpc) is 3.49. The smallest absolute Gasteiger partial charge is 0.365 e. The number of rotatable bonds is 6. The van der Waals surface area contributed by atoms with Gasteiger partial charge in [0.15, 0.2) is 21.3 Å². The molecule has 0 amide bonds. The lowest BCUT2D eigenvalue weighted by Gasteiger charge is -2.14. The van der Waals surface area contributed by atoms with E-state index >= 15 is 0 Å². The summed E-state index contributed by atoms with van der Waals surface area (Å²) in [6, 6.07) is 4.30. The molecule has 3 aromatic rings. The summed E-state index contributed by atoms with van der Waals surface area (Å²) in [5, 5.41) is 12.0. The number of sulfone groups is 1. The number of ether oxygens (including phenoxy) is 1. The summed E-state index contributed by atoms with van der Waals surface area (Å²) in [6.07, 6.45) is 4.40. The molecule has 172 valence electrons. The summed E-state index contributed by atoms with van der Waals surface area (Å²) in [5.41, 5.74) is 1.58. The van der Waals surface area contributed by atoms with Gasteiger partial charge in [0.05, 0.1) is 16.8 Å². The third-order valence-corrected chi connectivity index (χ3v) is 6.34. The van der Waals surface area contributed by atoms with E-state index in [1.54, 1.807) is 20.2 Å². The van der Waals surface area contributed by atoms with Crippen LogP contribution in [0, 0.1) is 6.92 Å². The Labute approximate surface area is 189 Å². The molecule has 2 aromatic heterocycles. The maximum atomic E-state index is 13.5. The highest BCUT2D eigenvalue weighted by Gasteiger charge is 2.29. The molecule has 1 aromatic carbocycles. The van der Waals surface area contributed by atoms with E-state index in [1.807, 2.05) is 0 Å². The third kappa shape index (κ3) is 4.16. The number of hydrogen-bond acceptors (Lipinski definition) is 9. The highest BCUT2D eigenvalue weighted by molar-refractivity contribution is 7.90. The van der Waals surface area contributed by atoms with Gasteiger partial charge in [-0.3, -0.25) is 9.48 Å². The Morgan fingerprint density at radius 1 is 1.15 bits per heavy atom. The molecule has 0 radical (unpaired) electrons. The average molecular weight is 471 g/mol. The molecule has 3 heterocycles. The summed E-state index contributed by atoms with van der Waals surface area (Å²) in [6.45, 7) is 1.97. The molecule has 1 aliphatic heterocycles. The van der Waals surface area contributed by atoms with Crippen molar-refractivity contribution >= 4 is 27.3 Å².